The third-order valence-electron chi connectivity index (χ3n) is 5.62. The number of benzene rings is 2. The van der Waals surface area contributed by atoms with E-state index in [1.807, 2.05) is 30.3 Å². The van der Waals surface area contributed by atoms with Gasteiger partial charge in [-0.1, -0.05) is 18.2 Å². The first-order valence-electron chi connectivity index (χ1n) is 9.63. The Labute approximate surface area is 160 Å². The quantitative estimate of drug-likeness (QED) is 0.854. The summed E-state index contributed by atoms with van der Waals surface area (Å²) in [6, 6.07) is 14.2. The molecule has 2 aliphatic rings. The summed E-state index contributed by atoms with van der Waals surface area (Å²) in [4.78, 5) is 11.9. The molecule has 2 atom stereocenters. The lowest BCUT2D eigenvalue weighted by atomic mass is 9.84. The van der Waals surface area contributed by atoms with Gasteiger partial charge >= 0.3 is 0 Å². The molecule has 2 aromatic carbocycles. The van der Waals surface area contributed by atoms with Gasteiger partial charge in [-0.15, -0.1) is 0 Å². The smallest absolute Gasteiger partial charge is 0.252 e. The molecule has 0 aromatic heterocycles. The second-order valence-electron chi connectivity index (χ2n) is 7.30. The van der Waals surface area contributed by atoms with Gasteiger partial charge < -0.3 is 20.1 Å². The Bertz CT molecular complexity index is 804. The highest BCUT2D eigenvalue weighted by Crippen LogP contribution is 2.33. The number of carbonyl (C=O) groups is 1. The fourth-order valence-corrected chi connectivity index (χ4v) is 4.06. The maximum absolute atomic E-state index is 11.9. The summed E-state index contributed by atoms with van der Waals surface area (Å²) >= 11 is 0. The molecule has 27 heavy (non-hydrogen) atoms. The highest BCUT2D eigenvalue weighted by atomic mass is 16.5. The van der Waals surface area contributed by atoms with Crippen LogP contribution in [0.3, 0.4) is 0 Å². The molecule has 0 bridgehead atoms. The molecule has 2 heterocycles. The van der Waals surface area contributed by atoms with Crippen LogP contribution < -0.4 is 20.1 Å². The Morgan fingerprint density at radius 1 is 1.11 bits per heavy atom. The first-order chi connectivity index (χ1) is 13.2. The van der Waals surface area contributed by atoms with Crippen LogP contribution in [0.1, 0.15) is 40.2 Å². The molecule has 1 amide bonds. The third-order valence-corrected chi connectivity index (χ3v) is 5.62. The molecule has 0 spiro atoms. The second-order valence-corrected chi connectivity index (χ2v) is 7.30. The predicted octanol–water partition coefficient (Wildman–Crippen LogP) is 3.10. The van der Waals surface area contributed by atoms with Gasteiger partial charge in [-0.2, -0.15) is 0 Å². The minimum atomic E-state index is -0.0114. The van der Waals surface area contributed by atoms with Gasteiger partial charge in [-0.25, -0.2) is 0 Å². The number of amides is 1. The highest BCUT2D eigenvalue weighted by molar-refractivity contribution is 5.98. The van der Waals surface area contributed by atoms with Crippen LogP contribution in [0.4, 0.5) is 0 Å². The van der Waals surface area contributed by atoms with Crippen molar-refractivity contribution in [2.45, 2.75) is 25.3 Å². The predicted molar refractivity (Wildman–Crippen MR) is 104 cm³/mol. The third kappa shape index (κ3) is 3.93. The number of hydrogen-bond acceptors (Lipinski definition) is 4. The lowest BCUT2D eigenvalue weighted by molar-refractivity contribution is 0.0965. The molecule has 2 aromatic rings. The number of methoxy groups -OCH3 is 1. The maximum atomic E-state index is 11.9. The monoisotopic (exact) mass is 366 g/mol. The molecular weight excluding hydrogens is 340 g/mol. The molecule has 0 radical (unpaired) electrons. The number of nitrogens with one attached hydrogen (secondary N) is 2. The van der Waals surface area contributed by atoms with E-state index in [0.717, 1.165) is 48.6 Å². The summed E-state index contributed by atoms with van der Waals surface area (Å²) in [5.74, 6) is 2.47. The van der Waals surface area contributed by atoms with E-state index in [4.69, 9.17) is 9.47 Å². The van der Waals surface area contributed by atoms with Gasteiger partial charge in [0, 0.05) is 24.6 Å². The first-order valence-corrected chi connectivity index (χ1v) is 9.63. The van der Waals surface area contributed by atoms with E-state index in [2.05, 4.69) is 22.8 Å². The van der Waals surface area contributed by atoms with Crippen molar-refractivity contribution in [1.82, 2.24) is 10.6 Å². The van der Waals surface area contributed by atoms with Gasteiger partial charge in [0.15, 0.2) is 0 Å². The summed E-state index contributed by atoms with van der Waals surface area (Å²) in [6.07, 6.45) is 2.30. The number of ether oxygens (including phenoxy) is 2. The number of carbonyl (C=O) groups excluding carboxylic acids is 1. The van der Waals surface area contributed by atoms with E-state index < -0.39 is 0 Å². The van der Waals surface area contributed by atoms with Crippen LogP contribution in [0.15, 0.2) is 42.5 Å². The fraction of sp³-hybridized carbons (Fsp3) is 0.409. The maximum Gasteiger partial charge on any atom is 0.252 e. The number of fused-ring (bicyclic) bond motifs is 1. The van der Waals surface area contributed by atoms with E-state index >= 15 is 0 Å². The van der Waals surface area contributed by atoms with Gasteiger partial charge in [-0.3, -0.25) is 4.79 Å². The van der Waals surface area contributed by atoms with Crippen molar-refractivity contribution in [1.29, 1.82) is 0 Å². The molecule has 5 heteroatoms. The van der Waals surface area contributed by atoms with Gasteiger partial charge in [0.05, 0.1) is 13.7 Å². The van der Waals surface area contributed by atoms with Gasteiger partial charge in [-0.05, 0) is 60.7 Å². The molecule has 1 saturated heterocycles. The minimum Gasteiger partial charge on any atom is -0.497 e. The molecule has 0 unspecified atom stereocenters. The van der Waals surface area contributed by atoms with Crippen molar-refractivity contribution < 1.29 is 14.3 Å². The number of rotatable bonds is 5. The van der Waals surface area contributed by atoms with Crippen molar-refractivity contribution in [3.05, 3.63) is 59.2 Å². The summed E-state index contributed by atoms with van der Waals surface area (Å²) < 4.78 is 11.4. The van der Waals surface area contributed by atoms with Crippen molar-refractivity contribution in [3.63, 3.8) is 0 Å². The van der Waals surface area contributed by atoms with Crippen LogP contribution in [0.2, 0.25) is 0 Å². The van der Waals surface area contributed by atoms with E-state index in [1.165, 1.54) is 5.56 Å². The van der Waals surface area contributed by atoms with Gasteiger partial charge in [0.25, 0.3) is 5.91 Å². The van der Waals surface area contributed by atoms with Crippen LogP contribution in [0, 0.1) is 5.92 Å². The molecule has 5 nitrogen and oxygen atoms in total. The van der Waals surface area contributed by atoms with Gasteiger partial charge in [0.1, 0.15) is 11.5 Å². The molecular formula is C22H26N2O3. The Kier molecular flexibility index (Phi) is 5.30. The van der Waals surface area contributed by atoms with Crippen molar-refractivity contribution >= 4 is 5.91 Å². The van der Waals surface area contributed by atoms with Crippen LogP contribution in [0.5, 0.6) is 11.5 Å². The van der Waals surface area contributed by atoms with Crippen LogP contribution in [0.25, 0.3) is 0 Å². The summed E-state index contributed by atoms with van der Waals surface area (Å²) in [5, 5.41) is 6.38. The van der Waals surface area contributed by atoms with Crippen LogP contribution in [-0.4, -0.2) is 32.7 Å². The van der Waals surface area contributed by atoms with Crippen LogP contribution in [-0.2, 0) is 6.54 Å². The zero-order chi connectivity index (χ0) is 18.6. The lowest BCUT2D eigenvalue weighted by Gasteiger charge is -2.26. The SMILES string of the molecule is COc1ccc([C@@H]2CCCNC[C@H]2COc2ccc3c(c2)C(=O)NC3)cc1. The van der Waals surface area contributed by atoms with E-state index in [0.29, 0.717) is 25.0 Å². The Hall–Kier alpha value is -2.53. The van der Waals surface area contributed by atoms with E-state index in [9.17, 15) is 4.79 Å². The van der Waals surface area contributed by atoms with Crippen molar-refractivity contribution in [3.8, 4) is 11.5 Å². The van der Waals surface area contributed by atoms with Crippen molar-refractivity contribution in [2.24, 2.45) is 5.92 Å². The summed E-state index contributed by atoms with van der Waals surface area (Å²) in [5.41, 5.74) is 3.11. The van der Waals surface area contributed by atoms with E-state index in [-0.39, 0.29) is 5.91 Å². The molecule has 1 fully saturated rings. The lowest BCUT2D eigenvalue weighted by Crippen LogP contribution is -2.29. The Morgan fingerprint density at radius 3 is 2.74 bits per heavy atom. The summed E-state index contributed by atoms with van der Waals surface area (Å²) in [7, 11) is 1.69. The molecule has 0 aliphatic carbocycles. The molecule has 0 saturated carbocycles. The Morgan fingerprint density at radius 2 is 1.93 bits per heavy atom. The highest BCUT2D eigenvalue weighted by Gasteiger charge is 2.26. The largest absolute Gasteiger partial charge is 0.497 e. The minimum absolute atomic E-state index is 0.0114. The van der Waals surface area contributed by atoms with Gasteiger partial charge in [0.2, 0.25) is 0 Å². The molecule has 2 N–H and O–H groups in total. The average molecular weight is 366 g/mol. The molecule has 4 rings (SSSR count). The van der Waals surface area contributed by atoms with E-state index in [1.54, 1.807) is 7.11 Å². The summed E-state index contributed by atoms with van der Waals surface area (Å²) in [6.45, 7) is 3.22. The fourth-order valence-electron chi connectivity index (χ4n) is 4.06. The van der Waals surface area contributed by atoms with Crippen LogP contribution >= 0.6 is 0 Å². The topological polar surface area (TPSA) is 59.6 Å². The first kappa shape index (κ1) is 17.9. The normalized spacial score (nSPS) is 21.9. The molecule has 142 valence electrons. The zero-order valence-corrected chi connectivity index (χ0v) is 15.7. The molecule has 2 aliphatic heterocycles. The average Bonchev–Trinajstić information content (AvgIpc) is 2.92. The second kappa shape index (κ2) is 8.01. The van der Waals surface area contributed by atoms with Crippen molar-refractivity contribution in [2.75, 3.05) is 26.8 Å². The standard InChI is InChI=1S/C22H26N2O3/c1-26-18-7-4-15(5-8-18)20-3-2-10-23-12-17(20)14-27-19-9-6-16-13-24-22(25)21(16)11-19/h4-9,11,17,20,23H,2-3,10,12-14H2,1H3,(H,24,25)/t17-,20-/m0/s1. The zero-order valence-electron chi connectivity index (χ0n) is 15.7. The number of hydrogen-bond donors (Lipinski definition) is 2. The Balaban J connectivity index is 1.48.